The minimum atomic E-state index is -4.02. The van der Waals surface area contributed by atoms with Gasteiger partial charge in [-0.25, -0.2) is 0 Å². The molecular weight excluding hydrogens is 751 g/mol. The Morgan fingerprint density at radius 1 is 0.408 bits per heavy atom. The van der Waals surface area contributed by atoms with Crippen molar-refractivity contribution < 1.29 is 15.7 Å². The van der Waals surface area contributed by atoms with E-state index in [2.05, 4.69) is 53.0 Å². The molecule has 49 heavy (non-hydrogen) atoms. The van der Waals surface area contributed by atoms with Crippen LogP contribution in [-0.4, -0.2) is 42.6 Å². The molecule has 0 rings (SSSR count). The van der Waals surface area contributed by atoms with Crippen molar-refractivity contribution in [2.24, 2.45) is 11.8 Å². The Bertz CT molecular complexity index is 677. The molecule has 0 spiro atoms. The van der Waals surface area contributed by atoms with Crippen LogP contribution in [0.3, 0.4) is 0 Å². The van der Waals surface area contributed by atoms with Crippen LogP contribution >= 0.6 is 25.3 Å². The first-order chi connectivity index (χ1) is 23.9. The number of unbranched alkanes of at least 4 members (excludes halogenated alkanes) is 24. The molecule has 0 N–H and O–H groups in total. The SMILES string of the molecule is CCCCCCCCCCCCCCC(CS)C(=O)[O][Sn]([CH2]CCC)([CH2]CCC)[O]C(=O)C(CS)CCCCCCCCCCCCCC. The smallest absolute Gasteiger partial charge is 0.0654 e. The van der Waals surface area contributed by atoms with Gasteiger partial charge in [0.25, 0.3) is 0 Å². The summed E-state index contributed by atoms with van der Waals surface area (Å²) < 4.78 is 14.5. The van der Waals surface area contributed by atoms with Crippen molar-refractivity contribution >= 4 is 56.4 Å². The van der Waals surface area contributed by atoms with Crippen LogP contribution in [0.1, 0.15) is 220 Å². The third kappa shape index (κ3) is 28.6. The molecule has 0 aromatic carbocycles. The molecule has 0 saturated heterocycles. The van der Waals surface area contributed by atoms with E-state index in [1.165, 1.54) is 128 Å². The third-order valence-electron chi connectivity index (χ3n) is 10.3. The molecular formula is C42H84O4S2Sn. The fourth-order valence-corrected chi connectivity index (χ4v) is 17.6. The number of hydrogen-bond donors (Lipinski definition) is 2. The second kappa shape index (κ2) is 36.8. The molecule has 0 radical (unpaired) electrons. The molecule has 7 heteroatoms. The van der Waals surface area contributed by atoms with Crippen LogP contribution in [0.4, 0.5) is 0 Å². The Labute approximate surface area is 322 Å². The summed E-state index contributed by atoms with van der Waals surface area (Å²) >= 11 is 5.13. The number of rotatable bonds is 38. The van der Waals surface area contributed by atoms with Gasteiger partial charge in [0.2, 0.25) is 0 Å². The molecule has 2 atom stereocenters. The van der Waals surface area contributed by atoms with Gasteiger partial charge in [-0.05, 0) is 0 Å². The van der Waals surface area contributed by atoms with Crippen molar-refractivity contribution in [2.75, 3.05) is 11.5 Å². The maximum absolute atomic E-state index is 13.6. The van der Waals surface area contributed by atoms with E-state index in [1.807, 2.05) is 0 Å². The summed E-state index contributed by atoms with van der Waals surface area (Å²) in [5.41, 5.74) is 0. The van der Waals surface area contributed by atoms with Gasteiger partial charge in [-0.1, -0.05) is 65.2 Å². The molecule has 0 aliphatic heterocycles. The van der Waals surface area contributed by atoms with Crippen LogP contribution in [0.25, 0.3) is 0 Å². The molecule has 292 valence electrons. The zero-order chi connectivity index (χ0) is 36.3. The summed E-state index contributed by atoms with van der Waals surface area (Å²) in [6, 6.07) is 0. The van der Waals surface area contributed by atoms with Gasteiger partial charge in [0.1, 0.15) is 0 Å². The molecule has 2 unspecified atom stereocenters. The summed E-state index contributed by atoms with van der Waals surface area (Å²) in [6.45, 7) is 8.87. The van der Waals surface area contributed by atoms with Crippen molar-refractivity contribution in [1.82, 2.24) is 0 Å². The van der Waals surface area contributed by atoms with E-state index in [9.17, 15) is 9.59 Å². The van der Waals surface area contributed by atoms with E-state index in [1.54, 1.807) is 0 Å². The molecule has 4 nitrogen and oxygen atoms in total. The predicted octanol–water partition coefficient (Wildman–Crippen LogP) is 14.4. The summed E-state index contributed by atoms with van der Waals surface area (Å²) in [5.74, 6) is 0.242. The summed E-state index contributed by atoms with van der Waals surface area (Å²) in [4.78, 5) is 27.3. The predicted molar refractivity (Wildman–Crippen MR) is 223 cm³/mol. The fraction of sp³-hybridized carbons (Fsp3) is 0.952. The molecule has 0 aromatic rings. The maximum atomic E-state index is 13.6. The van der Waals surface area contributed by atoms with Gasteiger partial charge in [-0.15, -0.1) is 0 Å². The Hall–Kier alpha value is 0.439. The molecule has 0 bridgehead atoms. The van der Waals surface area contributed by atoms with E-state index in [-0.39, 0.29) is 23.8 Å². The van der Waals surface area contributed by atoms with Crippen molar-refractivity contribution in [3.05, 3.63) is 0 Å². The topological polar surface area (TPSA) is 52.6 Å². The third-order valence-corrected chi connectivity index (χ3v) is 20.8. The molecule has 0 heterocycles. The summed E-state index contributed by atoms with van der Waals surface area (Å²) in [7, 11) is 0. The molecule has 0 fully saturated rings. The van der Waals surface area contributed by atoms with Gasteiger partial charge in [0.05, 0.1) is 0 Å². The van der Waals surface area contributed by atoms with Crippen LogP contribution in [0.15, 0.2) is 0 Å². The van der Waals surface area contributed by atoms with Gasteiger partial charge in [-0.2, -0.15) is 0 Å². The van der Waals surface area contributed by atoms with Crippen LogP contribution in [0, 0.1) is 11.8 Å². The van der Waals surface area contributed by atoms with Crippen molar-refractivity contribution in [3.63, 3.8) is 0 Å². The number of carbonyl (C=O) groups excluding carboxylic acids is 2. The molecule has 0 aliphatic rings. The second-order valence-corrected chi connectivity index (χ2v) is 25.0. The van der Waals surface area contributed by atoms with E-state index in [0.717, 1.165) is 73.1 Å². The molecule has 0 saturated carbocycles. The van der Waals surface area contributed by atoms with Crippen molar-refractivity contribution in [2.45, 2.75) is 229 Å². The van der Waals surface area contributed by atoms with Crippen LogP contribution < -0.4 is 0 Å². The first kappa shape index (κ1) is 49.4. The zero-order valence-electron chi connectivity index (χ0n) is 33.2. The number of carbonyl (C=O) groups is 2. The average Bonchev–Trinajstić information content (AvgIpc) is 3.10. The quantitative estimate of drug-likeness (QED) is 0.0370. The zero-order valence-corrected chi connectivity index (χ0v) is 37.9. The Morgan fingerprint density at radius 2 is 0.653 bits per heavy atom. The normalized spacial score (nSPS) is 13.0. The molecule has 0 aliphatic carbocycles. The molecule has 0 amide bonds. The monoisotopic (exact) mass is 836 g/mol. The summed E-state index contributed by atoms with van der Waals surface area (Å²) in [5, 5.41) is 0. The number of hydrogen-bond acceptors (Lipinski definition) is 6. The van der Waals surface area contributed by atoms with Gasteiger partial charge >= 0.3 is 259 Å². The molecule has 0 aromatic heterocycles. The summed E-state index contributed by atoms with van der Waals surface area (Å²) in [6.07, 6.45) is 36.8. The van der Waals surface area contributed by atoms with Crippen molar-refractivity contribution in [1.29, 1.82) is 0 Å². The van der Waals surface area contributed by atoms with Crippen LogP contribution in [0.2, 0.25) is 8.87 Å². The Kier molecular flexibility index (Phi) is 37.1. The van der Waals surface area contributed by atoms with Gasteiger partial charge in [0.15, 0.2) is 0 Å². The van der Waals surface area contributed by atoms with Crippen LogP contribution in [0.5, 0.6) is 0 Å². The minimum absolute atomic E-state index is 0.155. The van der Waals surface area contributed by atoms with Crippen LogP contribution in [-0.2, 0) is 15.7 Å². The van der Waals surface area contributed by atoms with Gasteiger partial charge in [-0.3, -0.25) is 0 Å². The first-order valence-electron chi connectivity index (χ1n) is 21.6. The van der Waals surface area contributed by atoms with Gasteiger partial charge < -0.3 is 0 Å². The van der Waals surface area contributed by atoms with Gasteiger partial charge in [0, 0.05) is 0 Å². The van der Waals surface area contributed by atoms with E-state index in [0.29, 0.717) is 11.5 Å². The fourth-order valence-electron chi connectivity index (χ4n) is 6.81. The Balaban J connectivity index is 4.80. The minimum Gasteiger partial charge on any atom is -0.0654 e. The number of thiol groups is 2. The van der Waals surface area contributed by atoms with E-state index < -0.39 is 19.2 Å². The van der Waals surface area contributed by atoms with Crippen molar-refractivity contribution in [3.8, 4) is 0 Å². The van der Waals surface area contributed by atoms with E-state index >= 15 is 0 Å². The average molecular weight is 836 g/mol. The van der Waals surface area contributed by atoms with E-state index in [4.69, 9.17) is 6.15 Å². The Morgan fingerprint density at radius 3 is 0.898 bits per heavy atom. The second-order valence-electron chi connectivity index (χ2n) is 15.1. The first-order valence-corrected chi connectivity index (χ1v) is 29.2. The standard InChI is InChI=1S/2C17H34O2S.2C4H9.Sn/c2*1-2-3-4-5-6-7-8-9-10-11-12-13-14-16(15-20)17(18)19;2*1-3-4-2;/h2*16,20H,2-15H2,1H3,(H,18,19);2*1,3-4H2,2H3;/q;;;;+2/p-2.